The molecule has 0 spiro atoms. The number of benzene rings is 2. The molecule has 0 aliphatic carbocycles. The van der Waals surface area contributed by atoms with Crippen LogP contribution in [-0.4, -0.2) is 10.9 Å². The van der Waals surface area contributed by atoms with Gasteiger partial charge in [0.15, 0.2) is 0 Å². The second-order valence-electron chi connectivity index (χ2n) is 5.21. The Morgan fingerprint density at radius 2 is 2.09 bits per heavy atom. The summed E-state index contributed by atoms with van der Waals surface area (Å²) in [5, 5.41) is 4.56. The summed E-state index contributed by atoms with van der Waals surface area (Å²) in [5.41, 5.74) is 3.81. The van der Waals surface area contributed by atoms with Crippen LogP contribution in [0.15, 0.2) is 47.1 Å². The van der Waals surface area contributed by atoms with Crippen molar-refractivity contribution < 1.29 is 4.79 Å². The van der Waals surface area contributed by atoms with Crippen molar-refractivity contribution in [2.24, 2.45) is 0 Å². The fraction of sp³-hybridized carbons (Fsp3) is 0.118. The zero-order chi connectivity index (χ0) is 15.7. The molecule has 3 nitrogen and oxygen atoms in total. The maximum Gasteiger partial charge on any atom is 0.228 e. The number of halogens is 2. The predicted molar refractivity (Wildman–Crippen MR) is 94.5 cm³/mol. The van der Waals surface area contributed by atoms with Gasteiger partial charge >= 0.3 is 0 Å². The Morgan fingerprint density at radius 3 is 2.86 bits per heavy atom. The van der Waals surface area contributed by atoms with Crippen LogP contribution in [0.5, 0.6) is 0 Å². The lowest BCUT2D eigenvalue weighted by Gasteiger charge is -2.08. The lowest BCUT2D eigenvalue weighted by molar-refractivity contribution is -0.115. The van der Waals surface area contributed by atoms with Crippen LogP contribution in [0.1, 0.15) is 11.1 Å². The van der Waals surface area contributed by atoms with E-state index in [4.69, 9.17) is 11.6 Å². The second-order valence-corrected chi connectivity index (χ2v) is 6.50. The summed E-state index contributed by atoms with van der Waals surface area (Å²) in [7, 11) is 0. The Kier molecular flexibility index (Phi) is 4.23. The van der Waals surface area contributed by atoms with E-state index in [1.54, 1.807) is 0 Å². The number of rotatable bonds is 3. The third-order valence-electron chi connectivity index (χ3n) is 3.48. The first-order valence-corrected chi connectivity index (χ1v) is 8.01. The van der Waals surface area contributed by atoms with Gasteiger partial charge in [0.05, 0.1) is 12.1 Å². The lowest BCUT2D eigenvalue weighted by atomic mass is 10.1. The number of fused-ring (bicyclic) bond motifs is 1. The highest BCUT2D eigenvalue weighted by Gasteiger charge is 2.11. The van der Waals surface area contributed by atoms with Gasteiger partial charge in [0.2, 0.25) is 5.91 Å². The smallest absolute Gasteiger partial charge is 0.228 e. The van der Waals surface area contributed by atoms with Crippen LogP contribution in [0, 0.1) is 6.92 Å². The second kappa shape index (κ2) is 6.15. The van der Waals surface area contributed by atoms with Crippen LogP contribution in [0.3, 0.4) is 0 Å². The van der Waals surface area contributed by atoms with Crippen molar-refractivity contribution in [3.8, 4) is 0 Å². The van der Waals surface area contributed by atoms with Gasteiger partial charge in [-0.1, -0.05) is 17.7 Å². The molecule has 0 atom stereocenters. The van der Waals surface area contributed by atoms with Crippen molar-refractivity contribution in [2.45, 2.75) is 13.3 Å². The van der Waals surface area contributed by atoms with Crippen molar-refractivity contribution in [1.82, 2.24) is 4.98 Å². The molecule has 1 amide bonds. The summed E-state index contributed by atoms with van der Waals surface area (Å²) >= 11 is 9.49. The van der Waals surface area contributed by atoms with Crippen molar-refractivity contribution in [3.05, 3.63) is 63.2 Å². The third kappa shape index (κ3) is 3.18. The van der Waals surface area contributed by atoms with Gasteiger partial charge in [-0.15, -0.1) is 0 Å². The molecular weight excluding hydrogens is 364 g/mol. The molecule has 0 saturated carbocycles. The average molecular weight is 378 g/mol. The van der Waals surface area contributed by atoms with Crippen LogP contribution in [0.25, 0.3) is 10.9 Å². The Bertz CT molecular complexity index is 857. The average Bonchev–Trinajstić information content (AvgIpc) is 2.84. The van der Waals surface area contributed by atoms with E-state index < -0.39 is 0 Å². The summed E-state index contributed by atoms with van der Waals surface area (Å²) in [6.07, 6.45) is 2.14. The number of nitrogens with one attached hydrogen (secondary N) is 2. The van der Waals surface area contributed by atoms with E-state index in [1.807, 2.05) is 49.5 Å². The highest BCUT2D eigenvalue weighted by Crippen LogP contribution is 2.25. The van der Waals surface area contributed by atoms with E-state index in [0.717, 1.165) is 32.2 Å². The lowest BCUT2D eigenvalue weighted by Crippen LogP contribution is -2.14. The maximum atomic E-state index is 12.3. The number of aryl methyl sites for hydroxylation is 1. The Labute approximate surface area is 141 Å². The van der Waals surface area contributed by atoms with Gasteiger partial charge in [0, 0.05) is 26.6 Å². The van der Waals surface area contributed by atoms with Crippen LogP contribution in [0.4, 0.5) is 5.69 Å². The van der Waals surface area contributed by atoms with E-state index in [1.165, 1.54) is 0 Å². The van der Waals surface area contributed by atoms with E-state index in [0.29, 0.717) is 11.4 Å². The van der Waals surface area contributed by atoms with E-state index >= 15 is 0 Å². The van der Waals surface area contributed by atoms with Gasteiger partial charge in [-0.05, 0) is 64.3 Å². The van der Waals surface area contributed by atoms with Crippen LogP contribution in [-0.2, 0) is 11.2 Å². The number of carbonyl (C=O) groups excluding carboxylic acids is 1. The fourth-order valence-corrected chi connectivity index (χ4v) is 3.15. The molecule has 2 N–H and O–H groups in total. The van der Waals surface area contributed by atoms with Gasteiger partial charge in [0.25, 0.3) is 0 Å². The molecule has 22 heavy (non-hydrogen) atoms. The van der Waals surface area contributed by atoms with Crippen molar-refractivity contribution >= 4 is 50.0 Å². The Hall–Kier alpha value is -1.78. The van der Waals surface area contributed by atoms with Crippen LogP contribution >= 0.6 is 27.5 Å². The highest BCUT2D eigenvalue weighted by molar-refractivity contribution is 9.10. The van der Waals surface area contributed by atoms with Gasteiger partial charge in [-0.25, -0.2) is 0 Å². The number of anilines is 1. The molecule has 0 bridgehead atoms. The normalized spacial score (nSPS) is 10.9. The summed E-state index contributed by atoms with van der Waals surface area (Å²) in [6, 6.07) is 11.4. The highest BCUT2D eigenvalue weighted by atomic mass is 79.9. The van der Waals surface area contributed by atoms with E-state index in [2.05, 4.69) is 26.2 Å². The van der Waals surface area contributed by atoms with Crippen LogP contribution in [0.2, 0.25) is 5.02 Å². The monoisotopic (exact) mass is 376 g/mol. The molecule has 112 valence electrons. The first-order chi connectivity index (χ1) is 10.5. The molecule has 3 rings (SSSR count). The minimum Gasteiger partial charge on any atom is -0.361 e. The largest absolute Gasteiger partial charge is 0.361 e. The first-order valence-electron chi connectivity index (χ1n) is 6.84. The number of hydrogen-bond acceptors (Lipinski definition) is 1. The van der Waals surface area contributed by atoms with E-state index in [9.17, 15) is 4.79 Å². The van der Waals surface area contributed by atoms with Crippen molar-refractivity contribution in [1.29, 1.82) is 0 Å². The summed E-state index contributed by atoms with van der Waals surface area (Å²) in [4.78, 5) is 15.4. The SMILES string of the molecule is Cc1ccc(NC(=O)Cc2c[nH]c3ccc(Cl)cc23)c(Br)c1. The number of carbonyl (C=O) groups is 1. The molecule has 0 saturated heterocycles. The van der Waals surface area contributed by atoms with Crippen LogP contribution < -0.4 is 5.32 Å². The zero-order valence-corrected chi connectivity index (χ0v) is 14.3. The van der Waals surface area contributed by atoms with Crippen molar-refractivity contribution in [3.63, 3.8) is 0 Å². The number of aromatic nitrogens is 1. The molecular formula is C17H14BrClN2O. The van der Waals surface area contributed by atoms with Crippen molar-refractivity contribution in [2.75, 3.05) is 5.32 Å². The number of aromatic amines is 1. The van der Waals surface area contributed by atoms with E-state index in [-0.39, 0.29) is 5.91 Å². The van der Waals surface area contributed by atoms with Gasteiger partial charge < -0.3 is 10.3 Å². The molecule has 0 aliphatic rings. The maximum absolute atomic E-state index is 12.3. The quantitative estimate of drug-likeness (QED) is 0.657. The third-order valence-corrected chi connectivity index (χ3v) is 4.37. The topological polar surface area (TPSA) is 44.9 Å². The summed E-state index contributed by atoms with van der Waals surface area (Å²) in [5.74, 6) is -0.0644. The molecule has 5 heteroatoms. The van der Waals surface area contributed by atoms with Gasteiger partial charge in [0.1, 0.15) is 0 Å². The Balaban J connectivity index is 1.79. The standard InChI is InChI=1S/C17H14BrClN2O/c1-10-2-4-16(14(18)6-10)21-17(22)7-11-9-20-15-5-3-12(19)8-13(11)15/h2-6,8-9,20H,7H2,1H3,(H,21,22). The molecule has 0 radical (unpaired) electrons. The molecule has 0 unspecified atom stereocenters. The molecule has 0 fully saturated rings. The summed E-state index contributed by atoms with van der Waals surface area (Å²) in [6.45, 7) is 2.01. The van der Waals surface area contributed by atoms with Gasteiger partial charge in [-0.3, -0.25) is 4.79 Å². The Morgan fingerprint density at radius 1 is 1.27 bits per heavy atom. The minimum absolute atomic E-state index is 0.0644. The number of H-pyrrole nitrogens is 1. The molecule has 0 aliphatic heterocycles. The first kappa shape index (κ1) is 15.1. The van der Waals surface area contributed by atoms with Gasteiger partial charge in [-0.2, -0.15) is 0 Å². The molecule has 1 heterocycles. The molecule has 3 aromatic rings. The number of hydrogen-bond donors (Lipinski definition) is 2. The fourth-order valence-electron chi connectivity index (χ4n) is 2.39. The minimum atomic E-state index is -0.0644. The number of amides is 1. The predicted octanol–water partition coefficient (Wildman–Crippen LogP) is 5.07. The molecule has 2 aromatic carbocycles. The summed E-state index contributed by atoms with van der Waals surface area (Å²) < 4.78 is 0.878. The zero-order valence-electron chi connectivity index (χ0n) is 11.9. The molecule has 1 aromatic heterocycles.